The lowest BCUT2D eigenvalue weighted by molar-refractivity contribution is -0.140. The molecule has 0 aromatic heterocycles. The van der Waals surface area contributed by atoms with Gasteiger partial charge in [-0.3, -0.25) is 9.59 Å². The number of hydrogen-bond donors (Lipinski definition) is 1. The van der Waals surface area contributed by atoms with E-state index in [9.17, 15) is 19.1 Å². The Bertz CT molecular complexity index is 938. The van der Waals surface area contributed by atoms with Gasteiger partial charge >= 0.3 is 0 Å². The fraction of sp³-hybridized carbons (Fsp3) is 0.333. The zero-order valence-corrected chi connectivity index (χ0v) is 17.3. The smallest absolute Gasteiger partial charge is 0.295 e. The highest BCUT2D eigenvalue weighted by Crippen LogP contribution is 2.40. The second-order valence-corrected chi connectivity index (χ2v) is 7.26. The van der Waals surface area contributed by atoms with Gasteiger partial charge in [0.1, 0.15) is 11.6 Å². The van der Waals surface area contributed by atoms with Gasteiger partial charge in [0.2, 0.25) is 0 Å². The summed E-state index contributed by atoms with van der Waals surface area (Å²) in [5.74, 6) is -2.29. The van der Waals surface area contributed by atoms with Crippen LogP contribution in [0.1, 0.15) is 37.4 Å². The van der Waals surface area contributed by atoms with Crippen molar-refractivity contribution in [2.24, 2.45) is 0 Å². The van der Waals surface area contributed by atoms with Crippen molar-refractivity contribution in [3.63, 3.8) is 0 Å². The minimum atomic E-state index is -0.955. The van der Waals surface area contributed by atoms with E-state index >= 15 is 0 Å². The standard InChI is InChI=1S/C24H27FN2O3/c1-3-26(4-2)15-10-16-27-21(18-13-8-9-14-19(18)25)20(23(29)24(27)30)22(28)17-11-6-5-7-12-17/h5-9,11-14,21,28H,3-4,10,15-16H2,1-2H3/t21-/m0/s1. The summed E-state index contributed by atoms with van der Waals surface area (Å²) in [6.07, 6.45) is 0.644. The first-order chi connectivity index (χ1) is 14.5. The molecule has 1 atom stereocenters. The summed E-state index contributed by atoms with van der Waals surface area (Å²) in [7, 11) is 0. The van der Waals surface area contributed by atoms with Crippen LogP contribution in [0.5, 0.6) is 0 Å². The molecule has 6 heteroatoms. The Labute approximate surface area is 176 Å². The van der Waals surface area contributed by atoms with Crippen LogP contribution >= 0.6 is 0 Å². The number of benzene rings is 2. The van der Waals surface area contributed by atoms with Gasteiger partial charge in [-0.25, -0.2) is 4.39 Å². The number of carbonyl (C=O) groups is 2. The molecule has 3 rings (SSSR count). The third-order valence-electron chi connectivity index (χ3n) is 5.55. The lowest BCUT2D eigenvalue weighted by Crippen LogP contribution is -2.33. The van der Waals surface area contributed by atoms with Gasteiger partial charge < -0.3 is 14.9 Å². The highest BCUT2D eigenvalue weighted by molar-refractivity contribution is 6.46. The zero-order valence-electron chi connectivity index (χ0n) is 17.3. The van der Waals surface area contributed by atoms with E-state index in [1.165, 1.54) is 11.0 Å². The molecule has 1 saturated heterocycles. The van der Waals surface area contributed by atoms with Gasteiger partial charge in [0, 0.05) is 17.7 Å². The van der Waals surface area contributed by atoms with Crippen LogP contribution < -0.4 is 0 Å². The Morgan fingerprint density at radius 3 is 2.30 bits per heavy atom. The molecule has 0 spiro atoms. The van der Waals surface area contributed by atoms with Crippen LogP contribution in [0.3, 0.4) is 0 Å². The monoisotopic (exact) mass is 410 g/mol. The Kier molecular flexibility index (Phi) is 7.00. The summed E-state index contributed by atoms with van der Waals surface area (Å²) < 4.78 is 14.7. The molecule has 0 radical (unpaired) electrons. The van der Waals surface area contributed by atoms with Crippen molar-refractivity contribution < 1.29 is 19.1 Å². The number of hydrogen-bond acceptors (Lipinski definition) is 4. The molecule has 158 valence electrons. The van der Waals surface area contributed by atoms with Crippen LogP contribution in [0.2, 0.25) is 0 Å². The normalized spacial score (nSPS) is 18.4. The first-order valence-corrected chi connectivity index (χ1v) is 10.3. The molecule has 1 aliphatic heterocycles. The highest BCUT2D eigenvalue weighted by Gasteiger charge is 2.46. The van der Waals surface area contributed by atoms with Gasteiger partial charge in [-0.15, -0.1) is 0 Å². The molecule has 30 heavy (non-hydrogen) atoms. The molecular formula is C24H27FN2O3. The summed E-state index contributed by atoms with van der Waals surface area (Å²) in [5, 5.41) is 10.9. The van der Waals surface area contributed by atoms with E-state index in [0.29, 0.717) is 18.5 Å². The lowest BCUT2D eigenvalue weighted by Gasteiger charge is -2.27. The number of nitrogens with zero attached hydrogens (tertiary/aromatic N) is 2. The molecule has 1 heterocycles. The Morgan fingerprint density at radius 2 is 1.67 bits per heavy atom. The summed E-state index contributed by atoms with van der Waals surface area (Å²) in [5.41, 5.74) is 0.552. The number of Topliss-reactive ketones (excluding diaryl/α,β-unsaturated/α-hetero) is 1. The highest BCUT2D eigenvalue weighted by atomic mass is 19.1. The average molecular weight is 410 g/mol. The number of halogens is 1. The molecular weight excluding hydrogens is 383 g/mol. The quantitative estimate of drug-likeness (QED) is 0.406. The van der Waals surface area contributed by atoms with Crippen LogP contribution in [0, 0.1) is 5.82 Å². The molecule has 1 N–H and O–H groups in total. The number of ketones is 1. The zero-order chi connectivity index (χ0) is 21.7. The van der Waals surface area contributed by atoms with Gasteiger partial charge in [-0.2, -0.15) is 0 Å². The van der Waals surface area contributed by atoms with Crippen molar-refractivity contribution in [2.75, 3.05) is 26.2 Å². The summed E-state index contributed by atoms with van der Waals surface area (Å²) in [6.45, 7) is 6.97. The van der Waals surface area contributed by atoms with Crippen molar-refractivity contribution in [2.45, 2.75) is 26.3 Å². The Balaban J connectivity index is 2.03. The van der Waals surface area contributed by atoms with Crippen LogP contribution in [-0.4, -0.2) is 52.8 Å². The summed E-state index contributed by atoms with van der Waals surface area (Å²) >= 11 is 0. The van der Waals surface area contributed by atoms with Crippen molar-refractivity contribution in [1.29, 1.82) is 0 Å². The molecule has 0 aliphatic carbocycles. The lowest BCUT2D eigenvalue weighted by atomic mass is 9.95. The van der Waals surface area contributed by atoms with E-state index in [4.69, 9.17) is 0 Å². The molecule has 2 aromatic rings. The average Bonchev–Trinajstić information content (AvgIpc) is 3.02. The van der Waals surface area contributed by atoms with Crippen molar-refractivity contribution in [1.82, 2.24) is 9.80 Å². The predicted molar refractivity (Wildman–Crippen MR) is 114 cm³/mol. The third kappa shape index (κ3) is 4.28. The third-order valence-corrected chi connectivity index (χ3v) is 5.55. The summed E-state index contributed by atoms with van der Waals surface area (Å²) in [6, 6.07) is 13.7. The number of amides is 1. The SMILES string of the molecule is CCN(CC)CCCN1C(=O)C(=O)C(=C(O)c2ccccc2)[C@@H]1c1ccccc1F. The first-order valence-electron chi connectivity index (χ1n) is 10.3. The number of rotatable bonds is 8. The van der Waals surface area contributed by atoms with E-state index in [2.05, 4.69) is 18.7 Å². The summed E-state index contributed by atoms with van der Waals surface area (Å²) in [4.78, 5) is 29.4. The molecule has 1 fully saturated rings. The second kappa shape index (κ2) is 9.67. The minimum absolute atomic E-state index is 0.0702. The number of aliphatic hydroxyl groups is 1. The van der Waals surface area contributed by atoms with E-state index in [0.717, 1.165) is 19.6 Å². The molecule has 0 bridgehead atoms. The van der Waals surface area contributed by atoms with Crippen molar-refractivity contribution >= 4 is 17.4 Å². The number of carbonyl (C=O) groups excluding carboxylic acids is 2. The van der Waals surface area contributed by atoms with Gasteiger partial charge in [-0.1, -0.05) is 62.4 Å². The molecule has 5 nitrogen and oxygen atoms in total. The minimum Gasteiger partial charge on any atom is -0.507 e. The fourth-order valence-electron chi connectivity index (χ4n) is 3.89. The van der Waals surface area contributed by atoms with Gasteiger partial charge in [0.25, 0.3) is 11.7 Å². The molecule has 1 aliphatic rings. The van der Waals surface area contributed by atoms with Crippen LogP contribution in [0.25, 0.3) is 5.76 Å². The molecule has 2 aromatic carbocycles. The van der Waals surface area contributed by atoms with Crippen LogP contribution in [0.4, 0.5) is 4.39 Å². The molecule has 0 unspecified atom stereocenters. The van der Waals surface area contributed by atoms with Crippen LogP contribution in [0.15, 0.2) is 60.2 Å². The van der Waals surface area contributed by atoms with E-state index in [1.807, 2.05) is 0 Å². The van der Waals surface area contributed by atoms with Crippen molar-refractivity contribution in [3.8, 4) is 0 Å². The topological polar surface area (TPSA) is 60.9 Å². The second-order valence-electron chi connectivity index (χ2n) is 7.26. The van der Waals surface area contributed by atoms with E-state index in [-0.39, 0.29) is 16.9 Å². The van der Waals surface area contributed by atoms with Gasteiger partial charge in [0.15, 0.2) is 0 Å². The maximum atomic E-state index is 14.7. The van der Waals surface area contributed by atoms with Gasteiger partial charge in [0.05, 0.1) is 11.6 Å². The maximum Gasteiger partial charge on any atom is 0.295 e. The maximum absolute atomic E-state index is 14.7. The predicted octanol–water partition coefficient (Wildman–Crippen LogP) is 3.98. The Morgan fingerprint density at radius 1 is 1.03 bits per heavy atom. The first kappa shape index (κ1) is 21.7. The van der Waals surface area contributed by atoms with Gasteiger partial charge in [-0.05, 0) is 32.1 Å². The van der Waals surface area contributed by atoms with E-state index < -0.39 is 23.5 Å². The number of aliphatic hydroxyl groups excluding tert-OH is 1. The molecule has 0 saturated carbocycles. The molecule has 1 amide bonds. The Hall–Kier alpha value is -2.99. The van der Waals surface area contributed by atoms with Crippen molar-refractivity contribution in [3.05, 3.63) is 77.1 Å². The fourth-order valence-corrected chi connectivity index (χ4v) is 3.89. The van der Waals surface area contributed by atoms with E-state index in [1.54, 1.807) is 48.5 Å². The number of likely N-dealkylation sites (tertiary alicyclic amines) is 1. The largest absolute Gasteiger partial charge is 0.507 e. The van der Waals surface area contributed by atoms with Crippen LogP contribution in [-0.2, 0) is 9.59 Å².